The van der Waals surface area contributed by atoms with Crippen molar-refractivity contribution in [2.45, 2.75) is 12.8 Å². The summed E-state index contributed by atoms with van der Waals surface area (Å²) in [4.78, 5) is 14.9. The van der Waals surface area contributed by atoms with E-state index in [0.717, 1.165) is 50.4 Å². The number of hydrogen-bond donors (Lipinski definition) is 0. The number of nitrogens with zero attached hydrogens (tertiary/aromatic N) is 5. The average molecular weight is 469 g/mol. The molecule has 182 valence electrons. The summed E-state index contributed by atoms with van der Waals surface area (Å²) in [7, 11) is 0. The summed E-state index contributed by atoms with van der Waals surface area (Å²) in [5.74, 6) is 0.0794. The van der Waals surface area contributed by atoms with Gasteiger partial charge in [-0.3, -0.25) is 19.9 Å². The number of ether oxygens (including phenoxy) is 2. The second-order valence-electron chi connectivity index (χ2n) is 8.47. The fourth-order valence-corrected chi connectivity index (χ4v) is 4.13. The quantitative estimate of drug-likeness (QED) is 0.386. The first-order chi connectivity index (χ1) is 16.6. The Morgan fingerprint density at radius 1 is 0.735 bits per heavy atom. The van der Waals surface area contributed by atoms with E-state index < -0.39 is 4.92 Å². The lowest BCUT2D eigenvalue weighted by molar-refractivity contribution is -0.384. The normalized spacial score (nSPS) is 22.5. The van der Waals surface area contributed by atoms with Crippen molar-refractivity contribution in [3.8, 4) is 5.75 Å². The van der Waals surface area contributed by atoms with Crippen LogP contribution in [-0.4, -0.2) is 80.4 Å². The Bertz CT molecular complexity index is 943. The highest BCUT2D eigenvalue weighted by atomic mass is 16.6. The average Bonchev–Trinajstić information content (AvgIpc) is 2.83. The van der Waals surface area contributed by atoms with Crippen LogP contribution in [0.15, 0.2) is 46.6 Å². The molecule has 2 aromatic carbocycles. The molecule has 0 saturated carbocycles. The Kier molecular flexibility index (Phi) is 8.53. The van der Waals surface area contributed by atoms with Crippen LogP contribution in [0.3, 0.4) is 0 Å². The van der Waals surface area contributed by atoms with Crippen molar-refractivity contribution >= 4 is 17.1 Å². The Labute approximate surface area is 198 Å². The lowest BCUT2D eigenvalue weighted by Crippen LogP contribution is -2.37. The van der Waals surface area contributed by atoms with Gasteiger partial charge in [0.2, 0.25) is 0 Å². The largest absolute Gasteiger partial charge is 0.872 e. The number of benzene rings is 2. The molecular weight excluding hydrogens is 438 g/mol. The topological polar surface area (TPSA) is 116 Å². The second kappa shape index (κ2) is 12.0. The molecule has 4 bridgehead atoms. The fraction of sp³-hybridized carbons (Fsp3) is 0.500. The fourth-order valence-electron chi connectivity index (χ4n) is 4.13. The van der Waals surface area contributed by atoms with Crippen LogP contribution in [0.2, 0.25) is 0 Å². The summed E-state index contributed by atoms with van der Waals surface area (Å²) in [5, 5.41) is 32.7. The molecule has 3 aliphatic heterocycles. The van der Waals surface area contributed by atoms with Gasteiger partial charge in [-0.05, 0) is 37.1 Å². The molecule has 2 aromatic rings. The molecule has 0 amide bonds. The van der Waals surface area contributed by atoms with E-state index in [1.54, 1.807) is 24.3 Å². The molecule has 1 fully saturated rings. The SMILES string of the molecule is O=[N+]([O-])c1ccc(N=Nc2cc3c([O-])c(c2)CCN2CCOCCN(CCOCC2)CC3)cc1. The number of non-ortho nitro benzene ring substituents is 1. The summed E-state index contributed by atoms with van der Waals surface area (Å²) in [6, 6.07) is 9.53. The van der Waals surface area contributed by atoms with E-state index in [0.29, 0.717) is 50.6 Å². The highest BCUT2D eigenvalue weighted by Gasteiger charge is 2.14. The summed E-state index contributed by atoms with van der Waals surface area (Å²) >= 11 is 0. The van der Waals surface area contributed by atoms with Crippen LogP contribution in [0.5, 0.6) is 5.75 Å². The minimum atomic E-state index is -0.449. The van der Waals surface area contributed by atoms with Gasteiger partial charge in [0.25, 0.3) is 5.69 Å². The molecule has 1 saturated heterocycles. The molecule has 0 spiro atoms. The van der Waals surface area contributed by atoms with Crippen LogP contribution in [0.4, 0.5) is 17.1 Å². The minimum Gasteiger partial charge on any atom is -0.872 e. The predicted molar refractivity (Wildman–Crippen MR) is 125 cm³/mol. The lowest BCUT2D eigenvalue weighted by Gasteiger charge is -2.29. The first-order valence-corrected chi connectivity index (χ1v) is 11.7. The van der Waals surface area contributed by atoms with E-state index in [4.69, 9.17) is 9.47 Å². The zero-order chi connectivity index (χ0) is 23.8. The molecule has 5 rings (SSSR count). The summed E-state index contributed by atoms with van der Waals surface area (Å²) in [5.41, 5.74) is 2.59. The van der Waals surface area contributed by atoms with Crippen molar-refractivity contribution < 1.29 is 19.5 Å². The third-order valence-electron chi connectivity index (χ3n) is 6.17. The molecule has 0 radical (unpaired) electrons. The maximum atomic E-state index is 13.2. The Morgan fingerprint density at radius 3 is 1.68 bits per heavy atom. The molecule has 3 heterocycles. The van der Waals surface area contributed by atoms with Crippen LogP contribution < -0.4 is 5.11 Å². The number of nitro groups is 1. The monoisotopic (exact) mass is 468 g/mol. The highest BCUT2D eigenvalue weighted by molar-refractivity contribution is 5.52. The Balaban J connectivity index is 1.60. The van der Waals surface area contributed by atoms with Crippen LogP contribution in [-0.2, 0) is 22.3 Å². The van der Waals surface area contributed by atoms with Gasteiger partial charge in [0.05, 0.1) is 42.7 Å². The van der Waals surface area contributed by atoms with E-state index in [9.17, 15) is 15.2 Å². The molecule has 34 heavy (non-hydrogen) atoms. The second-order valence-corrected chi connectivity index (χ2v) is 8.47. The standard InChI is InChI=1S/C24H31N5O5/c30-24-19-5-7-27-9-13-33-15-11-28(12-16-34-14-10-27)8-6-20(24)18-22(17-19)26-25-21-1-3-23(4-2-21)29(31)32/h1-4,17-18,30H,5-16H2/p-1. The van der Waals surface area contributed by atoms with Gasteiger partial charge < -0.3 is 14.6 Å². The summed E-state index contributed by atoms with van der Waals surface area (Å²) in [6.45, 7) is 7.29. The van der Waals surface area contributed by atoms with Crippen molar-refractivity contribution in [1.82, 2.24) is 9.80 Å². The Hall–Kier alpha value is -2.92. The minimum absolute atomic E-state index is 0.00505. The van der Waals surface area contributed by atoms with Crippen molar-refractivity contribution in [1.29, 1.82) is 0 Å². The zero-order valence-electron chi connectivity index (χ0n) is 19.2. The van der Waals surface area contributed by atoms with E-state index >= 15 is 0 Å². The lowest BCUT2D eigenvalue weighted by atomic mass is 10.0. The van der Waals surface area contributed by atoms with Crippen molar-refractivity contribution in [2.75, 3.05) is 65.7 Å². The van der Waals surface area contributed by atoms with Gasteiger partial charge >= 0.3 is 0 Å². The van der Waals surface area contributed by atoms with Crippen LogP contribution in [0.25, 0.3) is 0 Å². The van der Waals surface area contributed by atoms with E-state index in [-0.39, 0.29) is 11.4 Å². The molecule has 0 N–H and O–H groups in total. The smallest absolute Gasteiger partial charge is 0.269 e. The molecule has 0 unspecified atom stereocenters. The zero-order valence-corrected chi connectivity index (χ0v) is 19.2. The number of hydrogen-bond acceptors (Lipinski definition) is 9. The first kappa shape index (κ1) is 24.2. The summed E-state index contributed by atoms with van der Waals surface area (Å²) in [6.07, 6.45) is 1.22. The molecular formula is C24H30N5O5-. The molecule has 0 aromatic heterocycles. The van der Waals surface area contributed by atoms with Crippen LogP contribution in [0, 0.1) is 10.1 Å². The molecule has 3 aliphatic rings. The van der Waals surface area contributed by atoms with Crippen LogP contribution >= 0.6 is 0 Å². The van der Waals surface area contributed by atoms with Gasteiger partial charge in [-0.1, -0.05) is 11.1 Å². The first-order valence-electron chi connectivity index (χ1n) is 11.7. The maximum Gasteiger partial charge on any atom is 0.269 e. The van der Waals surface area contributed by atoms with Gasteiger partial charge in [0.15, 0.2) is 0 Å². The van der Waals surface area contributed by atoms with E-state index in [2.05, 4.69) is 20.0 Å². The highest BCUT2D eigenvalue weighted by Crippen LogP contribution is 2.30. The predicted octanol–water partition coefficient (Wildman–Crippen LogP) is 2.83. The van der Waals surface area contributed by atoms with Crippen molar-refractivity contribution in [3.63, 3.8) is 0 Å². The van der Waals surface area contributed by atoms with Gasteiger partial charge in [0.1, 0.15) is 0 Å². The van der Waals surface area contributed by atoms with E-state index in [1.807, 2.05) is 0 Å². The third-order valence-corrected chi connectivity index (χ3v) is 6.17. The van der Waals surface area contributed by atoms with Gasteiger partial charge in [0, 0.05) is 51.4 Å². The Morgan fingerprint density at radius 2 is 1.21 bits per heavy atom. The van der Waals surface area contributed by atoms with Gasteiger partial charge in [-0.15, -0.1) is 5.75 Å². The number of azo groups is 1. The molecule has 10 nitrogen and oxygen atoms in total. The van der Waals surface area contributed by atoms with Gasteiger partial charge in [-0.2, -0.15) is 10.2 Å². The number of nitro benzene ring substituents is 1. The van der Waals surface area contributed by atoms with Gasteiger partial charge in [-0.25, -0.2) is 0 Å². The molecule has 10 heteroatoms. The van der Waals surface area contributed by atoms with Crippen LogP contribution in [0.1, 0.15) is 11.1 Å². The maximum absolute atomic E-state index is 13.2. The third kappa shape index (κ3) is 6.80. The number of rotatable bonds is 3. The van der Waals surface area contributed by atoms with Crippen molar-refractivity contribution in [3.05, 3.63) is 57.6 Å². The molecule has 0 atom stereocenters. The van der Waals surface area contributed by atoms with E-state index in [1.165, 1.54) is 12.1 Å². The number of fused-ring (bicyclic) bond motifs is 10. The summed E-state index contributed by atoms with van der Waals surface area (Å²) < 4.78 is 11.7. The molecule has 0 aliphatic carbocycles. The van der Waals surface area contributed by atoms with Crippen molar-refractivity contribution in [2.24, 2.45) is 10.2 Å².